The third-order valence-corrected chi connectivity index (χ3v) is 3.47. The van der Waals surface area contributed by atoms with Crippen molar-refractivity contribution in [3.8, 4) is 11.4 Å². The van der Waals surface area contributed by atoms with E-state index in [1.165, 1.54) is 16.9 Å². The van der Waals surface area contributed by atoms with E-state index in [2.05, 4.69) is 4.98 Å². The van der Waals surface area contributed by atoms with Gasteiger partial charge in [0.1, 0.15) is 5.52 Å². The molecule has 1 N–H and O–H groups in total. The van der Waals surface area contributed by atoms with Crippen molar-refractivity contribution in [1.82, 2.24) is 9.71 Å². The monoisotopic (exact) mass is 342 g/mol. The van der Waals surface area contributed by atoms with Crippen molar-refractivity contribution >= 4 is 22.7 Å². The Hall–Kier alpha value is -3.10. The van der Waals surface area contributed by atoms with Crippen LogP contribution >= 0.6 is 0 Å². The third-order valence-electron chi connectivity index (χ3n) is 3.47. The Morgan fingerprint density at radius 1 is 1.28 bits per heavy atom. The third kappa shape index (κ3) is 3.54. The molecule has 1 heterocycles. The summed E-state index contributed by atoms with van der Waals surface area (Å²) >= 11 is 0. The minimum atomic E-state index is -0.521. The summed E-state index contributed by atoms with van der Waals surface area (Å²) in [6, 6.07) is 13.7. The van der Waals surface area contributed by atoms with Gasteiger partial charge in [0.15, 0.2) is 5.82 Å². The van der Waals surface area contributed by atoms with Crippen molar-refractivity contribution in [3.05, 3.63) is 53.7 Å². The maximum atomic E-state index is 11.6. The van der Waals surface area contributed by atoms with Crippen LogP contribution in [0.4, 0.5) is 5.69 Å². The molecule has 8 nitrogen and oxygen atoms in total. The van der Waals surface area contributed by atoms with E-state index in [0.29, 0.717) is 16.9 Å². The first kappa shape index (κ1) is 16.7. The van der Waals surface area contributed by atoms with Crippen LogP contribution in [0.15, 0.2) is 48.5 Å². The second-order valence-electron chi connectivity index (χ2n) is 5.12. The SMILES string of the molecule is CCOC(=O)COn1c(-c2ccccc2)nc2ccc(N([O-])O)cc21. The second-order valence-corrected chi connectivity index (χ2v) is 5.12. The normalized spacial score (nSPS) is 10.7. The molecule has 1 aromatic heterocycles. The molecule has 0 amide bonds. The molecule has 0 unspecified atom stereocenters. The van der Waals surface area contributed by atoms with Gasteiger partial charge in [-0.2, -0.15) is 4.73 Å². The molecule has 130 valence electrons. The number of hydrogen-bond acceptors (Lipinski definition) is 7. The van der Waals surface area contributed by atoms with Crippen LogP contribution in [0, 0.1) is 5.21 Å². The maximum absolute atomic E-state index is 11.6. The quantitative estimate of drug-likeness (QED) is 0.542. The van der Waals surface area contributed by atoms with Gasteiger partial charge < -0.3 is 20.0 Å². The van der Waals surface area contributed by atoms with E-state index in [1.54, 1.807) is 13.0 Å². The summed E-state index contributed by atoms with van der Waals surface area (Å²) in [5.74, 6) is -0.0560. The van der Waals surface area contributed by atoms with Crippen LogP contribution in [-0.4, -0.2) is 34.1 Å². The molecule has 2 aromatic carbocycles. The Bertz CT molecular complexity index is 877. The molecule has 0 aliphatic carbocycles. The number of nitrogens with zero attached hydrogens (tertiary/aromatic N) is 3. The number of fused-ring (bicyclic) bond motifs is 1. The zero-order valence-corrected chi connectivity index (χ0v) is 13.5. The topological polar surface area (TPSA) is 99.9 Å². The van der Waals surface area contributed by atoms with Crippen molar-refractivity contribution in [1.29, 1.82) is 0 Å². The van der Waals surface area contributed by atoms with Crippen LogP contribution in [-0.2, 0) is 9.53 Å². The Kier molecular flexibility index (Phi) is 4.82. The molecule has 3 aromatic rings. The fourth-order valence-corrected chi connectivity index (χ4v) is 2.38. The van der Waals surface area contributed by atoms with Gasteiger partial charge in [-0.1, -0.05) is 30.3 Å². The second kappa shape index (κ2) is 7.20. The van der Waals surface area contributed by atoms with Crippen LogP contribution in [0.3, 0.4) is 0 Å². The lowest BCUT2D eigenvalue weighted by Crippen LogP contribution is -2.22. The van der Waals surface area contributed by atoms with Crippen molar-refractivity contribution < 1.29 is 19.6 Å². The zero-order chi connectivity index (χ0) is 17.8. The van der Waals surface area contributed by atoms with Crippen molar-refractivity contribution in [3.63, 3.8) is 0 Å². The van der Waals surface area contributed by atoms with Crippen LogP contribution in [0.5, 0.6) is 0 Å². The summed E-state index contributed by atoms with van der Waals surface area (Å²) < 4.78 is 6.22. The summed E-state index contributed by atoms with van der Waals surface area (Å²) in [5, 5.41) is 20.0. The van der Waals surface area contributed by atoms with Crippen molar-refractivity contribution in [2.45, 2.75) is 6.92 Å². The molecule has 25 heavy (non-hydrogen) atoms. The number of anilines is 1. The fourth-order valence-electron chi connectivity index (χ4n) is 2.38. The molecule has 0 atom stereocenters. The van der Waals surface area contributed by atoms with Crippen LogP contribution in [0.2, 0.25) is 0 Å². The van der Waals surface area contributed by atoms with Gasteiger partial charge in [-0.3, -0.25) is 5.21 Å². The minimum absolute atomic E-state index is 0.0213. The van der Waals surface area contributed by atoms with E-state index in [4.69, 9.17) is 14.8 Å². The molecule has 0 bridgehead atoms. The van der Waals surface area contributed by atoms with Gasteiger partial charge in [0.25, 0.3) is 0 Å². The smallest absolute Gasteiger partial charge is 0.346 e. The lowest BCUT2D eigenvalue weighted by atomic mass is 10.2. The van der Waals surface area contributed by atoms with Gasteiger partial charge in [-0.25, -0.2) is 9.78 Å². The molecule has 0 aliphatic rings. The molecule has 0 spiro atoms. The zero-order valence-electron chi connectivity index (χ0n) is 13.5. The predicted molar refractivity (Wildman–Crippen MR) is 90.9 cm³/mol. The van der Waals surface area contributed by atoms with Crippen molar-refractivity contribution in [2.24, 2.45) is 0 Å². The van der Waals surface area contributed by atoms with Gasteiger partial charge >= 0.3 is 5.97 Å². The van der Waals surface area contributed by atoms with Gasteiger partial charge in [-0.05, 0) is 25.1 Å². The molecule has 0 saturated heterocycles. The molecule has 0 saturated carbocycles. The summed E-state index contributed by atoms with van der Waals surface area (Å²) in [6.45, 7) is 1.64. The predicted octanol–water partition coefficient (Wildman–Crippen LogP) is 2.39. The Labute approximate surface area is 143 Å². The summed E-state index contributed by atoms with van der Waals surface area (Å²) in [6.07, 6.45) is 0. The summed E-state index contributed by atoms with van der Waals surface area (Å²) in [7, 11) is 0. The van der Waals surface area contributed by atoms with E-state index < -0.39 is 5.97 Å². The molecular weight excluding hydrogens is 326 g/mol. The average molecular weight is 342 g/mol. The number of imidazole rings is 1. The molecular formula is C17H16N3O5-. The van der Waals surface area contributed by atoms with E-state index >= 15 is 0 Å². The van der Waals surface area contributed by atoms with Crippen LogP contribution < -0.4 is 10.1 Å². The van der Waals surface area contributed by atoms with Gasteiger partial charge in [-0.15, -0.1) is 0 Å². The average Bonchev–Trinajstić information content (AvgIpc) is 2.98. The van der Waals surface area contributed by atoms with Crippen LogP contribution in [0.25, 0.3) is 22.4 Å². The molecule has 0 fully saturated rings. The number of carbonyl (C=O) groups excluding carboxylic acids is 1. The summed E-state index contributed by atoms with van der Waals surface area (Å²) in [4.78, 5) is 21.7. The highest BCUT2D eigenvalue weighted by molar-refractivity contribution is 5.83. The first-order valence-corrected chi connectivity index (χ1v) is 7.63. The number of carbonyl (C=O) groups is 1. The highest BCUT2D eigenvalue weighted by Crippen LogP contribution is 2.26. The maximum Gasteiger partial charge on any atom is 0.346 e. The highest BCUT2D eigenvalue weighted by atomic mass is 16.8. The van der Waals surface area contributed by atoms with E-state index in [1.807, 2.05) is 30.3 Å². The van der Waals surface area contributed by atoms with Gasteiger partial charge in [0, 0.05) is 5.56 Å². The van der Waals surface area contributed by atoms with E-state index in [9.17, 15) is 10.0 Å². The Morgan fingerprint density at radius 2 is 2.04 bits per heavy atom. The standard InChI is InChI=1S/C17H16N3O5/c1-2-24-16(21)11-25-19-15-10-13(20(22)23)8-9-14(15)18-17(19)12-6-4-3-5-7-12/h3-10,22H,2,11H2,1H3/q-1. The highest BCUT2D eigenvalue weighted by Gasteiger charge is 2.16. The minimum Gasteiger partial charge on any atom is -0.733 e. The van der Waals surface area contributed by atoms with Gasteiger partial charge in [0.2, 0.25) is 6.61 Å². The molecule has 3 rings (SSSR count). The number of benzene rings is 2. The lowest BCUT2D eigenvalue weighted by molar-refractivity contribution is -0.148. The van der Waals surface area contributed by atoms with Gasteiger partial charge in [0.05, 0.1) is 17.8 Å². The number of hydrogen-bond donors (Lipinski definition) is 1. The Morgan fingerprint density at radius 3 is 2.72 bits per heavy atom. The van der Waals surface area contributed by atoms with E-state index in [0.717, 1.165) is 5.56 Å². The Balaban J connectivity index is 2.07. The molecule has 8 heteroatoms. The van der Waals surface area contributed by atoms with Crippen molar-refractivity contribution in [2.75, 3.05) is 18.4 Å². The number of aromatic nitrogens is 2. The summed E-state index contributed by atoms with van der Waals surface area (Å²) in [5.41, 5.74) is 1.78. The number of ether oxygens (including phenoxy) is 1. The van der Waals surface area contributed by atoms with E-state index in [-0.39, 0.29) is 24.1 Å². The fraction of sp³-hybridized carbons (Fsp3) is 0.176. The first-order valence-electron chi connectivity index (χ1n) is 7.63. The lowest BCUT2D eigenvalue weighted by Gasteiger charge is -2.21. The molecule has 0 radical (unpaired) electrons. The largest absolute Gasteiger partial charge is 0.733 e. The number of rotatable bonds is 6. The van der Waals surface area contributed by atoms with Crippen LogP contribution in [0.1, 0.15) is 6.92 Å². The molecule has 0 aliphatic heterocycles. The first-order chi connectivity index (χ1) is 12.1. The number of esters is 1.